The lowest BCUT2D eigenvalue weighted by molar-refractivity contribution is -0.119. The third-order valence-electron chi connectivity index (χ3n) is 4.49. The van der Waals surface area contributed by atoms with Gasteiger partial charge in [-0.2, -0.15) is 0 Å². The zero-order valence-electron chi connectivity index (χ0n) is 17.5. The van der Waals surface area contributed by atoms with Gasteiger partial charge >= 0.3 is 0 Å². The Balaban J connectivity index is 0.000000502. The molecule has 158 valence electrons. The van der Waals surface area contributed by atoms with E-state index in [0.717, 1.165) is 17.5 Å². The maximum absolute atomic E-state index is 13.2. The van der Waals surface area contributed by atoms with Crippen LogP contribution in [0.1, 0.15) is 37.3 Å². The monoisotopic (exact) mass is 403 g/mol. The van der Waals surface area contributed by atoms with Crippen LogP contribution in [-0.2, 0) is 20.9 Å². The second-order valence-electron chi connectivity index (χ2n) is 7.08. The molecule has 6 nitrogen and oxygen atoms in total. The third kappa shape index (κ3) is 8.72. The van der Waals surface area contributed by atoms with Gasteiger partial charge in [0, 0.05) is 32.9 Å². The van der Waals surface area contributed by atoms with Gasteiger partial charge in [0.25, 0.3) is 5.91 Å². The summed E-state index contributed by atoms with van der Waals surface area (Å²) in [4.78, 5) is 33.9. The number of carbonyl (C=O) groups excluding carboxylic acids is 3. The molecule has 1 aliphatic rings. The molecule has 2 rings (SSSR count). The lowest BCUT2D eigenvalue weighted by Gasteiger charge is -2.23. The van der Waals surface area contributed by atoms with Gasteiger partial charge in [0.15, 0.2) is 6.29 Å². The molecular weight excluding hydrogens is 373 g/mol. The number of allylic oxidation sites excluding steroid dienone is 2. The molecule has 1 saturated carbocycles. The summed E-state index contributed by atoms with van der Waals surface area (Å²) >= 11 is 0. The number of hydrogen-bond acceptors (Lipinski definition) is 4. The van der Waals surface area contributed by atoms with Gasteiger partial charge in [-0.05, 0) is 62.0 Å². The molecule has 0 heterocycles. The smallest absolute Gasteiger partial charge is 0.254 e. The van der Waals surface area contributed by atoms with E-state index in [1.54, 1.807) is 26.0 Å². The highest BCUT2D eigenvalue weighted by atomic mass is 19.1. The fourth-order valence-electron chi connectivity index (χ4n) is 2.74. The molecule has 0 radical (unpaired) electrons. The van der Waals surface area contributed by atoms with Crippen molar-refractivity contribution < 1.29 is 18.8 Å². The number of aryl methyl sites for hydroxylation is 1. The van der Waals surface area contributed by atoms with E-state index in [1.807, 2.05) is 18.1 Å². The Kier molecular flexibility index (Phi) is 10.4. The molecule has 0 aliphatic heterocycles. The van der Waals surface area contributed by atoms with Crippen LogP contribution < -0.4 is 10.6 Å². The van der Waals surface area contributed by atoms with Crippen molar-refractivity contribution in [1.82, 2.24) is 15.5 Å². The molecule has 29 heavy (non-hydrogen) atoms. The van der Waals surface area contributed by atoms with E-state index in [0.29, 0.717) is 24.4 Å². The Morgan fingerprint density at radius 3 is 2.45 bits per heavy atom. The molecule has 1 aromatic carbocycles. The summed E-state index contributed by atoms with van der Waals surface area (Å²) < 4.78 is 13.2. The molecule has 0 unspecified atom stereocenters. The second-order valence-corrected chi connectivity index (χ2v) is 7.08. The van der Waals surface area contributed by atoms with Crippen molar-refractivity contribution in [2.45, 2.75) is 45.7 Å². The first-order valence-electron chi connectivity index (χ1n) is 9.53. The number of aldehydes is 1. The van der Waals surface area contributed by atoms with E-state index in [9.17, 15) is 18.8 Å². The summed E-state index contributed by atoms with van der Waals surface area (Å²) in [6.07, 6.45) is 8.30. The highest BCUT2D eigenvalue weighted by Crippen LogP contribution is 2.16. The van der Waals surface area contributed by atoms with Crippen LogP contribution in [0, 0.1) is 12.7 Å². The first kappa shape index (κ1) is 24.1. The highest BCUT2D eigenvalue weighted by Gasteiger charge is 2.14. The number of benzene rings is 1. The number of amides is 2. The molecule has 0 aromatic heterocycles. The molecule has 2 amide bonds. The summed E-state index contributed by atoms with van der Waals surface area (Å²) in [5.74, 6) is -0.637. The van der Waals surface area contributed by atoms with Gasteiger partial charge in [-0.3, -0.25) is 14.4 Å². The van der Waals surface area contributed by atoms with Crippen LogP contribution >= 0.6 is 0 Å². The SMILES string of the molecule is CNC(=O)/C(C=O)=C/C(C)=C\N(C)Cc1ccc(F)c(C)c1.O=CNC1CCC1. The fourth-order valence-corrected chi connectivity index (χ4v) is 2.74. The fraction of sp³-hybridized carbons (Fsp3) is 0.409. The van der Waals surface area contributed by atoms with Gasteiger partial charge in [0.1, 0.15) is 5.82 Å². The predicted molar refractivity (Wildman–Crippen MR) is 111 cm³/mol. The van der Waals surface area contributed by atoms with Crippen molar-refractivity contribution in [1.29, 1.82) is 0 Å². The van der Waals surface area contributed by atoms with Crippen molar-refractivity contribution in [3.05, 3.63) is 58.6 Å². The van der Waals surface area contributed by atoms with Gasteiger partial charge < -0.3 is 15.5 Å². The Morgan fingerprint density at radius 2 is 2.00 bits per heavy atom. The first-order chi connectivity index (χ1) is 13.8. The summed E-state index contributed by atoms with van der Waals surface area (Å²) in [5, 5.41) is 5.11. The lowest BCUT2D eigenvalue weighted by atomic mass is 9.94. The number of hydrogen-bond donors (Lipinski definition) is 2. The van der Waals surface area contributed by atoms with E-state index in [1.165, 1.54) is 38.5 Å². The second kappa shape index (κ2) is 12.5. The van der Waals surface area contributed by atoms with E-state index in [-0.39, 0.29) is 11.4 Å². The number of carbonyl (C=O) groups is 3. The molecule has 0 saturated heterocycles. The quantitative estimate of drug-likeness (QED) is 0.230. The average molecular weight is 403 g/mol. The molecule has 0 atom stereocenters. The Morgan fingerprint density at radius 1 is 1.31 bits per heavy atom. The van der Waals surface area contributed by atoms with Crippen LogP contribution in [0.5, 0.6) is 0 Å². The first-order valence-corrected chi connectivity index (χ1v) is 9.53. The van der Waals surface area contributed by atoms with E-state index in [2.05, 4.69) is 10.6 Å². The van der Waals surface area contributed by atoms with Gasteiger partial charge in [0.05, 0.1) is 5.57 Å². The molecule has 1 fully saturated rings. The number of halogens is 1. The van der Waals surface area contributed by atoms with Crippen molar-refractivity contribution in [3.8, 4) is 0 Å². The summed E-state index contributed by atoms with van der Waals surface area (Å²) in [6.45, 7) is 4.13. The largest absolute Gasteiger partial charge is 0.376 e. The van der Waals surface area contributed by atoms with Gasteiger partial charge in [-0.15, -0.1) is 0 Å². The highest BCUT2D eigenvalue weighted by molar-refractivity contribution is 6.10. The predicted octanol–water partition coefficient (Wildman–Crippen LogP) is 2.63. The summed E-state index contributed by atoms with van der Waals surface area (Å²) in [5.41, 5.74) is 2.43. The normalized spacial score (nSPS) is 14.1. The number of rotatable bonds is 8. The van der Waals surface area contributed by atoms with Crippen molar-refractivity contribution in [3.63, 3.8) is 0 Å². The molecule has 2 N–H and O–H groups in total. The van der Waals surface area contributed by atoms with E-state index in [4.69, 9.17) is 0 Å². The van der Waals surface area contributed by atoms with Gasteiger partial charge in [-0.1, -0.05) is 12.1 Å². The Hall–Kier alpha value is -2.96. The zero-order valence-corrected chi connectivity index (χ0v) is 17.5. The third-order valence-corrected chi connectivity index (χ3v) is 4.49. The number of nitrogens with one attached hydrogen (secondary N) is 2. The van der Waals surface area contributed by atoms with Crippen LogP contribution in [0.25, 0.3) is 0 Å². The maximum Gasteiger partial charge on any atom is 0.254 e. The van der Waals surface area contributed by atoms with Crippen LogP contribution in [0.15, 0.2) is 41.6 Å². The van der Waals surface area contributed by atoms with Crippen LogP contribution in [0.2, 0.25) is 0 Å². The number of likely N-dealkylation sites (N-methyl/N-ethyl adjacent to an activating group) is 1. The van der Waals surface area contributed by atoms with E-state index < -0.39 is 5.91 Å². The Bertz CT molecular complexity index is 771. The zero-order chi connectivity index (χ0) is 21.8. The van der Waals surface area contributed by atoms with E-state index >= 15 is 0 Å². The Labute approximate surface area is 171 Å². The molecule has 0 bridgehead atoms. The van der Waals surface area contributed by atoms with Crippen molar-refractivity contribution >= 4 is 18.6 Å². The van der Waals surface area contributed by atoms with Gasteiger partial charge in [-0.25, -0.2) is 4.39 Å². The van der Waals surface area contributed by atoms with Crippen LogP contribution in [0.4, 0.5) is 4.39 Å². The van der Waals surface area contributed by atoms with Gasteiger partial charge in [0.2, 0.25) is 6.41 Å². The topological polar surface area (TPSA) is 78.5 Å². The lowest BCUT2D eigenvalue weighted by Crippen LogP contribution is -2.33. The molecule has 1 aliphatic carbocycles. The van der Waals surface area contributed by atoms with Crippen molar-refractivity contribution in [2.24, 2.45) is 0 Å². The summed E-state index contributed by atoms with van der Waals surface area (Å²) in [6, 6.07) is 5.49. The minimum Gasteiger partial charge on any atom is -0.376 e. The van der Waals surface area contributed by atoms with Crippen LogP contribution in [0.3, 0.4) is 0 Å². The molecule has 1 aromatic rings. The number of nitrogens with zero attached hydrogens (tertiary/aromatic N) is 1. The summed E-state index contributed by atoms with van der Waals surface area (Å²) in [7, 11) is 3.35. The minimum atomic E-state index is -0.417. The average Bonchev–Trinajstić information content (AvgIpc) is 2.65. The molecule has 0 spiro atoms. The minimum absolute atomic E-state index is 0.0716. The molecular formula is C22H30FN3O3. The van der Waals surface area contributed by atoms with Crippen molar-refractivity contribution in [2.75, 3.05) is 14.1 Å². The van der Waals surface area contributed by atoms with Crippen LogP contribution in [-0.4, -0.2) is 43.6 Å². The maximum atomic E-state index is 13.2. The molecule has 7 heteroatoms. The standard InChI is InChI=1S/C17H21FN2O2.C5H9NO/c1-12(7-15(11-21)17(22)19-3)9-20(4)10-14-5-6-16(18)13(2)8-14;7-4-6-5-2-1-3-5/h5-9,11H,10H2,1-4H3,(H,19,22);4-5H,1-3H2,(H,6,7)/b12-9-,15-7+;.